The number of aryl methyl sites for hydroxylation is 3. The lowest BCUT2D eigenvalue weighted by Crippen LogP contribution is -2.06. The van der Waals surface area contributed by atoms with Crippen LogP contribution in [0, 0.1) is 20.8 Å². The summed E-state index contributed by atoms with van der Waals surface area (Å²) in [4.78, 5) is 21.1. The summed E-state index contributed by atoms with van der Waals surface area (Å²) in [6.07, 6.45) is 1.62. The number of benzene rings is 2. The van der Waals surface area contributed by atoms with Gasteiger partial charge in [-0.05, 0) is 50.6 Å². The van der Waals surface area contributed by atoms with Crippen LogP contribution in [0.5, 0.6) is 0 Å². The fourth-order valence-electron chi connectivity index (χ4n) is 3.22. The molecule has 1 aromatic heterocycles. The lowest BCUT2D eigenvalue weighted by Gasteiger charge is -2.04. The molecule has 0 fully saturated rings. The van der Waals surface area contributed by atoms with Crippen molar-refractivity contribution in [3.63, 3.8) is 0 Å². The Bertz CT molecular complexity index is 1140. The van der Waals surface area contributed by atoms with E-state index in [1.165, 1.54) is 0 Å². The predicted octanol–water partition coefficient (Wildman–Crippen LogP) is 5.16. The first-order valence-corrected chi connectivity index (χ1v) is 8.95. The molecule has 1 aliphatic heterocycles. The Morgan fingerprint density at radius 2 is 1.78 bits per heavy atom. The fourth-order valence-corrected chi connectivity index (χ4v) is 3.41. The average Bonchev–Trinajstić information content (AvgIpc) is 2.97. The highest BCUT2D eigenvalue weighted by Gasteiger charge is 2.25. The molecule has 1 aliphatic rings. The second kappa shape index (κ2) is 6.63. The number of fused-ring (bicyclic) bond motifs is 1. The summed E-state index contributed by atoms with van der Waals surface area (Å²) in [5.41, 5.74) is 5.67. The molecular weight excluding hydrogens is 360 g/mol. The van der Waals surface area contributed by atoms with Crippen molar-refractivity contribution in [3.05, 3.63) is 81.1 Å². The Labute approximate surface area is 162 Å². The van der Waals surface area contributed by atoms with E-state index in [1.54, 1.807) is 6.08 Å². The molecule has 27 heavy (non-hydrogen) atoms. The van der Waals surface area contributed by atoms with Crippen molar-refractivity contribution >= 4 is 40.4 Å². The second-order valence-corrected chi connectivity index (χ2v) is 7.09. The van der Waals surface area contributed by atoms with Crippen LogP contribution in [0.2, 0.25) is 5.15 Å². The highest BCUT2D eigenvalue weighted by atomic mass is 35.5. The quantitative estimate of drug-likeness (QED) is 0.352. The minimum Gasteiger partial charge on any atom is -0.402 e. The maximum atomic E-state index is 12.3. The van der Waals surface area contributed by atoms with Crippen molar-refractivity contribution in [2.75, 3.05) is 0 Å². The molecule has 5 heteroatoms. The van der Waals surface area contributed by atoms with Gasteiger partial charge in [-0.1, -0.05) is 47.0 Å². The van der Waals surface area contributed by atoms with Gasteiger partial charge in [-0.2, -0.15) is 0 Å². The van der Waals surface area contributed by atoms with Gasteiger partial charge in [0.1, 0.15) is 5.15 Å². The minimum atomic E-state index is -0.496. The standard InChI is InChI=1S/C22H17ClN2O2/c1-12-7-13(2)9-17(8-12)21-24-18(22(26)27-21)11-16-10-15-6-4-5-14(3)19(15)25-20(16)23/h4-11H,1-3H3/b18-11+. The number of cyclic esters (lactones) is 1. The maximum absolute atomic E-state index is 12.3. The van der Waals surface area contributed by atoms with Crippen LogP contribution >= 0.6 is 11.6 Å². The van der Waals surface area contributed by atoms with Gasteiger partial charge >= 0.3 is 5.97 Å². The van der Waals surface area contributed by atoms with Crippen molar-refractivity contribution in [1.29, 1.82) is 0 Å². The molecule has 0 saturated carbocycles. The van der Waals surface area contributed by atoms with Gasteiger partial charge < -0.3 is 4.74 Å². The zero-order valence-corrected chi connectivity index (χ0v) is 16.0. The minimum absolute atomic E-state index is 0.208. The third-order valence-electron chi connectivity index (χ3n) is 4.41. The van der Waals surface area contributed by atoms with Gasteiger partial charge in [-0.25, -0.2) is 14.8 Å². The van der Waals surface area contributed by atoms with Crippen LogP contribution in [-0.4, -0.2) is 16.9 Å². The van der Waals surface area contributed by atoms with E-state index in [9.17, 15) is 4.79 Å². The highest BCUT2D eigenvalue weighted by Crippen LogP contribution is 2.27. The molecule has 0 radical (unpaired) electrons. The first-order chi connectivity index (χ1) is 12.9. The predicted molar refractivity (Wildman–Crippen MR) is 108 cm³/mol. The Balaban J connectivity index is 1.77. The van der Waals surface area contributed by atoms with Gasteiger partial charge in [0.05, 0.1) is 5.52 Å². The number of ether oxygens (including phenoxy) is 1. The Morgan fingerprint density at radius 3 is 2.52 bits per heavy atom. The van der Waals surface area contributed by atoms with E-state index in [1.807, 2.05) is 57.2 Å². The molecule has 0 saturated heterocycles. The molecule has 0 atom stereocenters. The Hall–Kier alpha value is -2.98. The summed E-state index contributed by atoms with van der Waals surface area (Å²) in [5, 5.41) is 1.28. The van der Waals surface area contributed by atoms with Crippen LogP contribution in [0.3, 0.4) is 0 Å². The SMILES string of the molecule is Cc1cc(C)cc(C2=N/C(=C/c3cc4cccc(C)c4nc3Cl)C(=O)O2)c1. The summed E-state index contributed by atoms with van der Waals surface area (Å²) in [6.45, 7) is 5.97. The van der Waals surface area contributed by atoms with E-state index in [-0.39, 0.29) is 5.70 Å². The monoisotopic (exact) mass is 376 g/mol. The van der Waals surface area contributed by atoms with Gasteiger partial charge in [-0.3, -0.25) is 0 Å². The molecule has 4 nitrogen and oxygen atoms in total. The van der Waals surface area contributed by atoms with Crippen LogP contribution in [0.4, 0.5) is 0 Å². The molecule has 0 N–H and O–H groups in total. The van der Waals surface area contributed by atoms with Gasteiger partial charge in [-0.15, -0.1) is 0 Å². The van der Waals surface area contributed by atoms with Crippen molar-refractivity contribution in [2.24, 2.45) is 4.99 Å². The number of aliphatic imine (C=N–C) groups is 1. The van der Waals surface area contributed by atoms with Crippen LogP contribution in [-0.2, 0) is 9.53 Å². The lowest BCUT2D eigenvalue weighted by molar-refractivity contribution is -0.129. The molecule has 2 heterocycles. The first-order valence-electron chi connectivity index (χ1n) is 8.58. The third kappa shape index (κ3) is 3.36. The van der Waals surface area contributed by atoms with Gasteiger partial charge in [0.15, 0.2) is 5.70 Å². The summed E-state index contributed by atoms with van der Waals surface area (Å²) in [5.74, 6) is -0.191. The zero-order chi connectivity index (χ0) is 19.1. The molecule has 0 amide bonds. The largest absolute Gasteiger partial charge is 0.402 e. The Kier molecular flexibility index (Phi) is 4.28. The smallest absolute Gasteiger partial charge is 0.363 e. The summed E-state index contributed by atoms with van der Waals surface area (Å²) < 4.78 is 5.37. The zero-order valence-electron chi connectivity index (χ0n) is 15.2. The number of hydrogen-bond acceptors (Lipinski definition) is 4. The van der Waals surface area contributed by atoms with E-state index in [0.29, 0.717) is 16.6 Å². The molecule has 0 bridgehead atoms. The number of halogens is 1. The van der Waals surface area contributed by atoms with Gasteiger partial charge in [0.2, 0.25) is 5.90 Å². The van der Waals surface area contributed by atoms with Crippen LogP contribution < -0.4 is 0 Å². The number of nitrogens with zero attached hydrogens (tertiary/aromatic N) is 2. The number of carbonyl (C=O) groups excluding carboxylic acids is 1. The molecule has 0 unspecified atom stereocenters. The van der Waals surface area contributed by atoms with Gasteiger partial charge in [0.25, 0.3) is 0 Å². The van der Waals surface area contributed by atoms with E-state index < -0.39 is 5.97 Å². The number of pyridine rings is 1. The topological polar surface area (TPSA) is 51.5 Å². The summed E-state index contributed by atoms with van der Waals surface area (Å²) >= 11 is 6.34. The third-order valence-corrected chi connectivity index (χ3v) is 4.71. The van der Waals surface area contributed by atoms with Crippen LogP contribution in [0.15, 0.2) is 53.2 Å². The maximum Gasteiger partial charge on any atom is 0.363 e. The van der Waals surface area contributed by atoms with Crippen molar-refractivity contribution < 1.29 is 9.53 Å². The normalized spacial score (nSPS) is 15.3. The van der Waals surface area contributed by atoms with E-state index >= 15 is 0 Å². The van der Waals surface area contributed by atoms with Crippen molar-refractivity contribution in [1.82, 2.24) is 4.98 Å². The summed E-state index contributed by atoms with van der Waals surface area (Å²) in [6, 6.07) is 13.8. The molecular formula is C22H17ClN2O2. The van der Waals surface area contributed by atoms with Crippen molar-refractivity contribution in [3.8, 4) is 0 Å². The average molecular weight is 377 g/mol. The van der Waals surface area contributed by atoms with E-state index in [4.69, 9.17) is 16.3 Å². The number of para-hydroxylation sites is 1. The first kappa shape index (κ1) is 17.4. The number of rotatable bonds is 2. The highest BCUT2D eigenvalue weighted by molar-refractivity contribution is 6.31. The fraction of sp³-hybridized carbons (Fsp3) is 0.136. The number of carbonyl (C=O) groups is 1. The van der Waals surface area contributed by atoms with Crippen LogP contribution in [0.1, 0.15) is 27.8 Å². The number of esters is 1. The molecule has 3 aromatic rings. The summed E-state index contributed by atoms with van der Waals surface area (Å²) in [7, 11) is 0. The van der Waals surface area contributed by atoms with Crippen molar-refractivity contribution in [2.45, 2.75) is 20.8 Å². The number of aromatic nitrogens is 1. The molecule has 2 aromatic carbocycles. The lowest BCUT2D eigenvalue weighted by atomic mass is 10.1. The van der Waals surface area contributed by atoms with E-state index in [2.05, 4.69) is 16.0 Å². The van der Waals surface area contributed by atoms with Gasteiger partial charge in [0, 0.05) is 16.5 Å². The Morgan fingerprint density at radius 1 is 1.04 bits per heavy atom. The van der Waals surface area contributed by atoms with E-state index in [0.717, 1.165) is 33.2 Å². The molecule has 134 valence electrons. The number of hydrogen-bond donors (Lipinski definition) is 0. The second-order valence-electron chi connectivity index (χ2n) is 6.73. The molecule has 0 spiro atoms. The molecule has 0 aliphatic carbocycles. The molecule has 4 rings (SSSR count). The van der Waals surface area contributed by atoms with Crippen LogP contribution in [0.25, 0.3) is 17.0 Å².